The zero-order chi connectivity index (χ0) is 9.14. The molecule has 0 bridgehead atoms. The van der Waals surface area contributed by atoms with Crippen molar-refractivity contribution in [3.63, 3.8) is 0 Å². The van der Waals surface area contributed by atoms with Crippen LogP contribution in [0.2, 0.25) is 0 Å². The minimum atomic E-state index is -0.386. The second kappa shape index (κ2) is 3.38. The lowest BCUT2D eigenvalue weighted by Crippen LogP contribution is -2.10. The van der Waals surface area contributed by atoms with Crippen molar-refractivity contribution in [3.8, 4) is 12.3 Å². The monoisotopic (exact) mass is 160 g/mol. The van der Waals surface area contributed by atoms with Crippen molar-refractivity contribution < 1.29 is 0 Å². The van der Waals surface area contributed by atoms with Crippen LogP contribution in [-0.2, 0) is 0 Å². The third kappa shape index (κ3) is 1.84. The van der Waals surface area contributed by atoms with Gasteiger partial charge in [0.15, 0.2) is 0 Å². The van der Waals surface area contributed by atoms with E-state index in [0.717, 1.165) is 17.0 Å². The molecule has 0 amide bonds. The van der Waals surface area contributed by atoms with Crippen LogP contribution in [0.3, 0.4) is 0 Å². The Bertz CT molecular complexity index is 303. The van der Waals surface area contributed by atoms with Gasteiger partial charge in [-0.1, -0.05) is 5.92 Å². The van der Waals surface area contributed by atoms with E-state index in [1.165, 1.54) is 0 Å². The van der Waals surface area contributed by atoms with Gasteiger partial charge in [0.1, 0.15) is 6.04 Å². The van der Waals surface area contributed by atoms with Gasteiger partial charge in [0, 0.05) is 5.69 Å². The molecular weight excluding hydrogens is 148 g/mol. The minimum Gasteiger partial charge on any atom is -0.313 e. The second-order valence-corrected chi connectivity index (χ2v) is 2.86. The first kappa shape index (κ1) is 8.76. The number of hydrogen-bond acceptors (Lipinski definition) is 2. The lowest BCUT2D eigenvalue weighted by molar-refractivity contribution is 0.875. The normalized spacial score (nSPS) is 12.2. The Morgan fingerprint density at radius 1 is 1.50 bits per heavy atom. The molecule has 1 unspecified atom stereocenters. The van der Waals surface area contributed by atoms with Crippen LogP contribution in [0.15, 0.2) is 12.1 Å². The van der Waals surface area contributed by atoms with Gasteiger partial charge < -0.3 is 5.73 Å². The predicted octanol–water partition coefficient (Wildman–Crippen LogP) is 1.33. The predicted molar refractivity (Wildman–Crippen MR) is 49.5 cm³/mol. The molecular formula is C10H12N2. The summed E-state index contributed by atoms with van der Waals surface area (Å²) in [5, 5.41) is 0. The second-order valence-electron chi connectivity index (χ2n) is 2.86. The molecule has 12 heavy (non-hydrogen) atoms. The number of aryl methyl sites for hydroxylation is 2. The molecule has 1 rings (SSSR count). The highest BCUT2D eigenvalue weighted by Gasteiger charge is 2.03. The van der Waals surface area contributed by atoms with Crippen molar-refractivity contribution in [3.05, 3.63) is 29.1 Å². The Balaban J connectivity index is 3.10. The van der Waals surface area contributed by atoms with Gasteiger partial charge in [-0.05, 0) is 31.5 Å². The van der Waals surface area contributed by atoms with Crippen LogP contribution in [-0.4, -0.2) is 4.98 Å². The summed E-state index contributed by atoms with van der Waals surface area (Å²) in [7, 11) is 0. The summed E-state index contributed by atoms with van der Waals surface area (Å²) in [6.45, 7) is 3.93. The molecule has 1 aromatic heterocycles. The highest BCUT2D eigenvalue weighted by molar-refractivity contribution is 5.25. The van der Waals surface area contributed by atoms with Gasteiger partial charge in [0.25, 0.3) is 0 Å². The number of nitrogens with zero attached hydrogens (tertiary/aromatic N) is 1. The Kier molecular flexibility index (Phi) is 2.47. The highest BCUT2D eigenvalue weighted by Crippen LogP contribution is 2.09. The molecule has 1 heterocycles. The molecule has 0 aromatic carbocycles. The first-order chi connectivity index (χ1) is 5.63. The maximum absolute atomic E-state index is 5.63. The topological polar surface area (TPSA) is 38.9 Å². The Labute approximate surface area is 72.8 Å². The summed E-state index contributed by atoms with van der Waals surface area (Å²) >= 11 is 0. The van der Waals surface area contributed by atoms with Crippen molar-refractivity contribution in [1.29, 1.82) is 0 Å². The van der Waals surface area contributed by atoms with Gasteiger partial charge in [-0.15, -0.1) is 6.42 Å². The minimum absolute atomic E-state index is 0.386. The number of aromatic nitrogens is 1. The van der Waals surface area contributed by atoms with E-state index in [-0.39, 0.29) is 6.04 Å². The fourth-order valence-electron chi connectivity index (χ4n) is 1.12. The zero-order valence-electron chi connectivity index (χ0n) is 7.33. The van der Waals surface area contributed by atoms with Crippen LogP contribution >= 0.6 is 0 Å². The van der Waals surface area contributed by atoms with Crippen LogP contribution < -0.4 is 5.73 Å². The molecule has 2 heteroatoms. The van der Waals surface area contributed by atoms with Gasteiger partial charge in [-0.2, -0.15) is 0 Å². The summed E-state index contributed by atoms with van der Waals surface area (Å²) in [6, 6.07) is 3.52. The third-order valence-electron chi connectivity index (χ3n) is 1.62. The van der Waals surface area contributed by atoms with E-state index in [1.54, 1.807) is 0 Å². The molecule has 2 N–H and O–H groups in total. The first-order valence-electron chi connectivity index (χ1n) is 3.80. The van der Waals surface area contributed by atoms with E-state index >= 15 is 0 Å². The molecule has 1 aromatic rings. The van der Waals surface area contributed by atoms with Crippen molar-refractivity contribution >= 4 is 0 Å². The Morgan fingerprint density at radius 3 is 2.67 bits per heavy atom. The van der Waals surface area contributed by atoms with E-state index in [9.17, 15) is 0 Å². The van der Waals surface area contributed by atoms with Gasteiger partial charge in [-0.3, -0.25) is 4.98 Å². The lowest BCUT2D eigenvalue weighted by atomic mass is 10.1. The van der Waals surface area contributed by atoms with Crippen LogP contribution in [0.25, 0.3) is 0 Å². The van der Waals surface area contributed by atoms with E-state index in [2.05, 4.69) is 10.9 Å². The van der Waals surface area contributed by atoms with Gasteiger partial charge in [-0.25, -0.2) is 0 Å². The van der Waals surface area contributed by atoms with Gasteiger partial charge in [0.05, 0.1) is 5.69 Å². The molecule has 0 spiro atoms. The fourth-order valence-corrected chi connectivity index (χ4v) is 1.12. The summed E-state index contributed by atoms with van der Waals surface area (Å²) < 4.78 is 0. The smallest absolute Gasteiger partial charge is 0.109 e. The molecule has 62 valence electrons. The number of terminal acetylenes is 1. The van der Waals surface area contributed by atoms with Crippen molar-refractivity contribution in [2.45, 2.75) is 19.9 Å². The molecule has 0 saturated carbocycles. The summed E-state index contributed by atoms with van der Waals surface area (Å²) in [5.74, 6) is 2.45. The Morgan fingerprint density at radius 2 is 2.17 bits per heavy atom. The fraction of sp³-hybridized carbons (Fsp3) is 0.300. The van der Waals surface area contributed by atoms with Crippen molar-refractivity contribution in [2.24, 2.45) is 5.73 Å². The van der Waals surface area contributed by atoms with E-state index < -0.39 is 0 Å². The van der Waals surface area contributed by atoms with E-state index in [1.807, 2.05) is 26.0 Å². The van der Waals surface area contributed by atoms with Crippen LogP contribution in [0, 0.1) is 26.2 Å². The molecule has 2 nitrogen and oxygen atoms in total. The quantitative estimate of drug-likeness (QED) is 0.629. The maximum Gasteiger partial charge on any atom is 0.109 e. The zero-order valence-corrected chi connectivity index (χ0v) is 7.33. The van der Waals surface area contributed by atoms with Crippen LogP contribution in [0.1, 0.15) is 23.0 Å². The standard InChI is InChI=1S/C10H12N2/c1-4-9(11)10-6-7(2)5-8(3)12-10/h1,5-6,9H,11H2,2-3H3. The summed E-state index contributed by atoms with van der Waals surface area (Å²) in [6.07, 6.45) is 5.19. The average Bonchev–Trinajstić information content (AvgIpc) is 2.01. The lowest BCUT2D eigenvalue weighted by Gasteiger charge is -2.05. The molecule has 0 saturated heterocycles. The SMILES string of the molecule is C#CC(N)c1cc(C)cc(C)n1. The first-order valence-corrected chi connectivity index (χ1v) is 3.80. The molecule has 0 fully saturated rings. The molecule has 0 aliphatic heterocycles. The molecule has 0 radical (unpaired) electrons. The average molecular weight is 160 g/mol. The summed E-state index contributed by atoms with van der Waals surface area (Å²) in [5.41, 5.74) is 8.50. The summed E-state index contributed by atoms with van der Waals surface area (Å²) in [4.78, 5) is 4.24. The number of pyridine rings is 1. The van der Waals surface area contributed by atoms with E-state index in [4.69, 9.17) is 12.2 Å². The van der Waals surface area contributed by atoms with Crippen molar-refractivity contribution in [1.82, 2.24) is 4.98 Å². The largest absolute Gasteiger partial charge is 0.313 e. The molecule has 1 atom stereocenters. The molecule has 0 aliphatic rings. The Hall–Kier alpha value is -1.33. The number of nitrogens with two attached hydrogens (primary N) is 1. The maximum atomic E-state index is 5.63. The number of rotatable bonds is 1. The third-order valence-corrected chi connectivity index (χ3v) is 1.62. The highest BCUT2D eigenvalue weighted by atomic mass is 14.8. The van der Waals surface area contributed by atoms with E-state index in [0.29, 0.717) is 0 Å². The van der Waals surface area contributed by atoms with Gasteiger partial charge >= 0.3 is 0 Å². The van der Waals surface area contributed by atoms with Crippen LogP contribution in [0.5, 0.6) is 0 Å². The van der Waals surface area contributed by atoms with Gasteiger partial charge in [0.2, 0.25) is 0 Å². The molecule has 0 aliphatic carbocycles. The number of hydrogen-bond donors (Lipinski definition) is 1. The van der Waals surface area contributed by atoms with Crippen molar-refractivity contribution in [2.75, 3.05) is 0 Å². The van der Waals surface area contributed by atoms with Crippen LogP contribution in [0.4, 0.5) is 0 Å².